The lowest BCUT2D eigenvalue weighted by atomic mass is 10.2. The van der Waals surface area contributed by atoms with Crippen molar-refractivity contribution in [3.8, 4) is 0 Å². The van der Waals surface area contributed by atoms with Gasteiger partial charge in [-0.1, -0.05) is 48.5 Å². The van der Waals surface area contributed by atoms with E-state index in [0.717, 1.165) is 5.69 Å². The SMILES string of the molecule is C=C/C=C\C(Cl)=C/C(C)Nc1ccccc1. The second-order valence-electron chi connectivity index (χ2n) is 3.45. The molecule has 1 aromatic rings. The molecule has 0 saturated carbocycles. The van der Waals surface area contributed by atoms with Crippen LogP contribution in [0.15, 0.2) is 66.2 Å². The minimum absolute atomic E-state index is 0.185. The lowest BCUT2D eigenvalue weighted by molar-refractivity contribution is 0.996. The summed E-state index contributed by atoms with van der Waals surface area (Å²) in [5.41, 5.74) is 1.09. The Bertz CT molecular complexity index is 379. The van der Waals surface area contributed by atoms with Gasteiger partial charge in [0.1, 0.15) is 0 Å². The molecule has 1 nitrogen and oxygen atoms in total. The molecule has 0 fully saturated rings. The molecule has 0 aliphatic heterocycles. The summed E-state index contributed by atoms with van der Waals surface area (Å²) < 4.78 is 0. The molecule has 16 heavy (non-hydrogen) atoms. The molecule has 0 heterocycles. The Labute approximate surface area is 102 Å². The van der Waals surface area contributed by atoms with Gasteiger partial charge in [0.25, 0.3) is 0 Å². The van der Waals surface area contributed by atoms with Gasteiger partial charge in [-0.3, -0.25) is 0 Å². The summed E-state index contributed by atoms with van der Waals surface area (Å²) in [6, 6.07) is 10.2. The first-order valence-corrected chi connectivity index (χ1v) is 5.58. The molecule has 1 unspecified atom stereocenters. The van der Waals surface area contributed by atoms with E-state index in [0.29, 0.717) is 5.03 Å². The van der Waals surface area contributed by atoms with Crippen LogP contribution in [0.5, 0.6) is 0 Å². The molecule has 1 N–H and O–H groups in total. The van der Waals surface area contributed by atoms with Crippen LogP contribution in [0.1, 0.15) is 6.92 Å². The summed E-state index contributed by atoms with van der Waals surface area (Å²) in [5, 5.41) is 4.03. The minimum Gasteiger partial charge on any atom is -0.379 e. The Hall–Kier alpha value is -1.47. The maximum Gasteiger partial charge on any atom is 0.0433 e. The zero-order chi connectivity index (χ0) is 11.8. The number of hydrogen-bond acceptors (Lipinski definition) is 1. The van der Waals surface area contributed by atoms with Gasteiger partial charge in [-0.05, 0) is 31.2 Å². The lowest BCUT2D eigenvalue weighted by Gasteiger charge is -2.11. The topological polar surface area (TPSA) is 12.0 Å². The fourth-order valence-corrected chi connectivity index (χ4v) is 1.56. The van der Waals surface area contributed by atoms with Crippen molar-refractivity contribution >= 4 is 17.3 Å². The van der Waals surface area contributed by atoms with Crippen molar-refractivity contribution in [1.29, 1.82) is 0 Å². The van der Waals surface area contributed by atoms with E-state index in [1.54, 1.807) is 6.08 Å². The molecule has 0 aliphatic rings. The summed E-state index contributed by atoms with van der Waals surface area (Å²) in [6.45, 7) is 5.64. The molecule has 0 spiro atoms. The maximum atomic E-state index is 6.01. The van der Waals surface area contributed by atoms with Crippen molar-refractivity contribution < 1.29 is 0 Å². The highest BCUT2D eigenvalue weighted by Crippen LogP contribution is 2.10. The molecular weight excluding hydrogens is 218 g/mol. The number of rotatable bonds is 5. The van der Waals surface area contributed by atoms with Gasteiger partial charge in [0.15, 0.2) is 0 Å². The summed E-state index contributed by atoms with van der Waals surface area (Å²) in [6.07, 6.45) is 7.28. The van der Waals surface area contributed by atoms with Crippen LogP contribution in [0, 0.1) is 0 Å². The van der Waals surface area contributed by atoms with Crippen molar-refractivity contribution in [3.05, 3.63) is 66.2 Å². The highest BCUT2D eigenvalue weighted by atomic mass is 35.5. The second kappa shape index (κ2) is 6.91. The van der Waals surface area contributed by atoms with E-state index < -0.39 is 0 Å². The quantitative estimate of drug-likeness (QED) is 0.746. The molecule has 0 aliphatic carbocycles. The Morgan fingerprint density at radius 1 is 1.38 bits per heavy atom. The van der Waals surface area contributed by atoms with Gasteiger partial charge in [-0.15, -0.1) is 0 Å². The standard InChI is InChI=1S/C14H16ClN/c1-3-4-8-13(15)11-12(2)16-14-9-6-5-7-10-14/h3-12,16H,1H2,2H3/b8-4-,13-11+. The van der Waals surface area contributed by atoms with Crippen molar-refractivity contribution in [2.45, 2.75) is 13.0 Å². The maximum absolute atomic E-state index is 6.01. The van der Waals surface area contributed by atoms with E-state index >= 15 is 0 Å². The van der Waals surface area contributed by atoms with Crippen LogP contribution in [0.2, 0.25) is 0 Å². The number of hydrogen-bond donors (Lipinski definition) is 1. The molecule has 1 aromatic carbocycles. The third-order valence-corrected chi connectivity index (χ3v) is 2.22. The molecule has 1 rings (SSSR count). The molecule has 2 heteroatoms. The highest BCUT2D eigenvalue weighted by molar-refractivity contribution is 6.31. The van der Waals surface area contributed by atoms with Crippen LogP contribution in [-0.4, -0.2) is 6.04 Å². The van der Waals surface area contributed by atoms with Crippen molar-refractivity contribution in [2.75, 3.05) is 5.32 Å². The zero-order valence-corrected chi connectivity index (χ0v) is 10.1. The monoisotopic (exact) mass is 233 g/mol. The Morgan fingerprint density at radius 3 is 2.69 bits per heavy atom. The number of benzene rings is 1. The first-order valence-electron chi connectivity index (χ1n) is 5.20. The molecule has 0 amide bonds. The van der Waals surface area contributed by atoms with Gasteiger partial charge in [0, 0.05) is 16.8 Å². The number of anilines is 1. The highest BCUT2D eigenvalue weighted by Gasteiger charge is 1.97. The average molecular weight is 234 g/mol. The van der Waals surface area contributed by atoms with E-state index in [1.165, 1.54) is 0 Å². The summed E-state index contributed by atoms with van der Waals surface area (Å²) >= 11 is 6.01. The molecule has 1 atom stereocenters. The third kappa shape index (κ3) is 4.85. The Kier molecular flexibility index (Phi) is 5.44. The largest absolute Gasteiger partial charge is 0.379 e. The van der Waals surface area contributed by atoms with E-state index in [1.807, 2.05) is 48.6 Å². The van der Waals surface area contributed by atoms with E-state index in [9.17, 15) is 0 Å². The van der Waals surface area contributed by atoms with Crippen molar-refractivity contribution in [1.82, 2.24) is 0 Å². The van der Waals surface area contributed by atoms with Gasteiger partial charge in [-0.2, -0.15) is 0 Å². The number of nitrogens with one attached hydrogen (secondary N) is 1. The van der Waals surface area contributed by atoms with Crippen LogP contribution in [0.3, 0.4) is 0 Å². The molecule has 0 bridgehead atoms. The van der Waals surface area contributed by atoms with Crippen LogP contribution in [0.25, 0.3) is 0 Å². The Morgan fingerprint density at radius 2 is 2.06 bits per heavy atom. The predicted octanol–water partition coefficient (Wildman–Crippen LogP) is 4.35. The van der Waals surface area contributed by atoms with Gasteiger partial charge >= 0.3 is 0 Å². The van der Waals surface area contributed by atoms with Crippen LogP contribution < -0.4 is 5.32 Å². The minimum atomic E-state index is 0.185. The number of allylic oxidation sites excluding steroid dienone is 4. The lowest BCUT2D eigenvalue weighted by Crippen LogP contribution is -2.11. The van der Waals surface area contributed by atoms with E-state index in [-0.39, 0.29) is 6.04 Å². The van der Waals surface area contributed by atoms with Crippen LogP contribution in [-0.2, 0) is 0 Å². The average Bonchev–Trinajstić information content (AvgIpc) is 2.27. The van der Waals surface area contributed by atoms with Gasteiger partial charge in [0.2, 0.25) is 0 Å². The van der Waals surface area contributed by atoms with Gasteiger partial charge in [-0.25, -0.2) is 0 Å². The fraction of sp³-hybridized carbons (Fsp3) is 0.143. The summed E-state index contributed by atoms with van der Waals surface area (Å²) in [4.78, 5) is 0. The fourth-order valence-electron chi connectivity index (χ4n) is 1.29. The molecular formula is C14H16ClN. The summed E-state index contributed by atoms with van der Waals surface area (Å²) in [5.74, 6) is 0. The van der Waals surface area contributed by atoms with E-state index in [4.69, 9.17) is 11.6 Å². The molecule has 0 saturated heterocycles. The summed E-state index contributed by atoms with van der Waals surface area (Å²) in [7, 11) is 0. The number of halogens is 1. The second-order valence-corrected chi connectivity index (χ2v) is 3.88. The molecule has 0 radical (unpaired) electrons. The van der Waals surface area contributed by atoms with Gasteiger partial charge < -0.3 is 5.32 Å². The molecule has 84 valence electrons. The smallest absolute Gasteiger partial charge is 0.0433 e. The normalized spacial score (nSPS) is 13.8. The third-order valence-electron chi connectivity index (χ3n) is 1.97. The van der Waals surface area contributed by atoms with Gasteiger partial charge in [0.05, 0.1) is 0 Å². The van der Waals surface area contributed by atoms with Crippen molar-refractivity contribution in [2.24, 2.45) is 0 Å². The zero-order valence-electron chi connectivity index (χ0n) is 9.36. The van der Waals surface area contributed by atoms with Crippen molar-refractivity contribution in [3.63, 3.8) is 0 Å². The Balaban J connectivity index is 2.56. The first-order chi connectivity index (χ1) is 7.72. The first kappa shape index (κ1) is 12.6. The van der Waals surface area contributed by atoms with E-state index in [2.05, 4.69) is 18.8 Å². The van der Waals surface area contributed by atoms with Crippen LogP contribution in [0.4, 0.5) is 5.69 Å². The molecule has 0 aromatic heterocycles. The van der Waals surface area contributed by atoms with Crippen LogP contribution >= 0.6 is 11.6 Å². The number of para-hydroxylation sites is 1. The predicted molar refractivity (Wildman–Crippen MR) is 72.8 cm³/mol.